The van der Waals surface area contributed by atoms with Gasteiger partial charge in [-0.25, -0.2) is 0 Å². The Kier molecular flexibility index (Phi) is 11.4. The van der Waals surface area contributed by atoms with E-state index < -0.39 is 0 Å². The Balaban J connectivity index is 2.09. The molecule has 1 rings (SSSR count). The lowest BCUT2D eigenvalue weighted by Crippen LogP contribution is -2.21. The first-order valence-corrected chi connectivity index (χ1v) is 9.62. The van der Waals surface area contributed by atoms with Crippen molar-refractivity contribution in [2.24, 2.45) is 0 Å². The Morgan fingerprint density at radius 3 is 2.38 bits per heavy atom. The van der Waals surface area contributed by atoms with Gasteiger partial charge in [-0.2, -0.15) is 0 Å². The lowest BCUT2D eigenvalue weighted by molar-refractivity contribution is -0.128. The van der Waals surface area contributed by atoms with Crippen molar-refractivity contribution in [1.82, 2.24) is 4.90 Å². The van der Waals surface area contributed by atoms with Crippen LogP contribution in [-0.4, -0.2) is 38.1 Å². The third-order valence-corrected chi connectivity index (χ3v) is 4.41. The zero-order valence-corrected chi connectivity index (χ0v) is 17.0. The van der Waals surface area contributed by atoms with Gasteiger partial charge in [-0.3, -0.25) is 4.79 Å². The molecule has 0 fully saturated rings. The van der Waals surface area contributed by atoms with Gasteiger partial charge in [-0.1, -0.05) is 53.6 Å². The van der Waals surface area contributed by atoms with E-state index in [-0.39, 0.29) is 5.91 Å². The SMILES string of the molecule is C/C(=C\COCCCc1ccccc1)CC/C=C(\C)CCC(=O)N(C)C. The monoisotopic (exact) mass is 357 g/mol. The summed E-state index contributed by atoms with van der Waals surface area (Å²) in [6, 6.07) is 10.5. The maximum Gasteiger partial charge on any atom is 0.222 e. The van der Waals surface area contributed by atoms with Crippen molar-refractivity contribution in [3.8, 4) is 0 Å². The van der Waals surface area contributed by atoms with Crippen LogP contribution in [0.15, 0.2) is 53.6 Å². The predicted octanol–water partition coefficient (Wildman–Crippen LogP) is 5.18. The van der Waals surface area contributed by atoms with Gasteiger partial charge >= 0.3 is 0 Å². The van der Waals surface area contributed by atoms with E-state index in [4.69, 9.17) is 4.74 Å². The first kappa shape index (κ1) is 22.2. The largest absolute Gasteiger partial charge is 0.377 e. The highest BCUT2D eigenvalue weighted by Gasteiger charge is 2.03. The summed E-state index contributed by atoms with van der Waals surface area (Å²) in [4.78, 5) is 13.2. The van der Waals surface area contributed by atoms with E-state index in [1.165, 1.54) is 16.7 Å². The van der Waals surface area contributed by atoms with E-state index in [1.807, 2.05) is 6.07 Å². The summed E-state index contributed by atoms with van der Waals surface area (Å²) in [5.74, 6) is 0.193. The van der Waals surface area contributed by atoms with E-state index in [0.29, 0.717) is 13.0 Å². The number of amides is 1. The molecular weight excluding hydrogens is 322 g/mol. The molecule has 1 amide bonds. The van der Waals surface area contributed by atoms with Gasteiger partial charge in [0.25, 0.3) is 0 Å². The maximum absolute atomic E-state index is 11.6. The third-order valence-electron chi connectivity index (χ3n) is 4.41. The molecule has 0 atom stereocenters. The van der Waals surface area contributed by atoms with Crippen molar-refractivity contribution >= 4 is 5.91 Å². The predicted molar refractivity (Wildman–Crippen MR) is 110 cm³/mol. The highest BCUT2D eigenvalue weighted by Crippen LogP contribution is 2.11. The van der Waals surface area contributed by atoms with E-state index >= 15 is 0 Å². The number of hydrogen-bond acceptors (Lipinski definition) is 2. The smallest absolute Gasteiger partial charge is 0.222 e. The molecule has 3 nitrogen and oxygen atoms in total. The Labute approximate surface area is 159 Å². The van der Waals surface area contributed by atoms with Crippen LogP contribution < -0.4 is 0 Å². The molecule has 0 aliphatic rings. The van der Waals surface area contributed by atoms with Crippen LogP contribution in [0.4, 0.5) is 0 Å². The second-order valence-electron chi connectivity index (χ2n) is 7.09. The molecule has 0 N–H and O–H groups in total. The van der Waals surface area contributed by atoms with Crippen LogP contribution in [0, 0.1) is 0 Å². The van der Waals surface area contributed by atoms with Crippen molar-refractivity contribution < 1.29 is 9.53 Å². The van der Waals surface area contributed by atoms with Gasteiger partial charge in [0.15, 0.2) is 0 Å². The highest BCUT2D eigenvalue weighted by atomic mass is 16.5. The van der Waals surface area contributed by atoms with Gasteiger partial charge in [-0.15, -0.1) is 0 Å². The van der Waals surface area contributed by atoms with E-state index in [1.54, 1.807) is 19.0 Å². The minimum Gasteiger partial charge on any atom is -0.377 e. The zero-order valence-electron chi connectivity index (χ0n) is 17.0. The lowest BCUT2D eigenvalue weighted by atomic mass is 10.1. The standard InChI is InChI=1S/C23H35NO2/c1-20(15-16-23(25)24(3)4)10-8-11-21(2)17-19-26-18-9-14-22-12-6-5-7-13-22/h5-7,10,12-13,17H,8-9,11,14-16,18-19H2,1-4H3/b20-10+,21-17+. The Hall–Kier alpha value is -1.87. The second kappa shape index (κ2) is 13.3. The number of carbonyl (C=O) groups excluding carboxylic acids is 1. The molecule has 0 unspecified atom stereocenters. The average molecular weight is 358 g/mol. The third kappa shape index (κ3) is 10.9. The number of rotatable bonds is 12. The van der Waals surface area contributed by atoms with Crippen LogP contribution in [-0.2, 0) is 16.0 Å². The molecule has 1 aromatic carbocycles. The molecule has 0 saturated heterocycles. The topological polar surface area (TPSA) is 29.5 Å². The Morgan fingerprint density at radius 2 is 1.69 bits per heavy atom. The molecule has 0 heterocycles. The molecule has 26 heavy (non-hydrogen) atoms. The fourth-order valence-electron chi connectivity index (χ4n) is 2.59. The van der Waals surface area contributed by atoms with Crippen LogP contribution in [0.1, 0.15) is 51.5 Å². The normalized spacial score (nSPS) is 12.3. The molecule has 0 aliphatic heterocycles. The number of allylic oxidation sites excluding steroid dienone is 3. The zero-order chi connectivity index (χ0) is 19.2. The molecule has 0 spiro atoms. The number of ether oxygens (including phenoxy) is 1. The van der Waals surface area contributed by atoms with Crippen LogP contribution in [0.3, 0.4) is 0 Å². The van der Waals surface area contributed by atoms with E-state index in [2.05, 4.69) is 50.3 Å². The van der Waals surface area contributed by atoms with Crippen molar-refractivity contribution in [2.75, 3.05) is 27.3 Å². The van der Waals surface area contributed by atoms with Crippen molar-refractivity contribution in [1.29, 1.82) is 0 Å². The van der Waals surface area contributed by atoms with Crippen molar-refractivity contribution in [3.63, 3.8) is 0 Å². The molecule has 1 aromatic rings. The summed E-state index contributed by atoms with van der Waals surface area (Å²) in [6.45, 7) is 5.77. The van der Waals surface area contributed by atoms with Crippen LogP contribution >= 0.6 is 0 Å². The van der Waals surface area contributed by atoms with Gasteiger partial charge in [0.05, 0.1) is 6.61 Å². The molecule has 0 saturated carbocycles. The average Bonchev–Trinajstić information content (AvgIpc) is 2.63. The molecule has 0 bridgehead atoms. The van der Waals surface area contributed by atoms with Gasteiger partial charge in [0.2, 0.25) is 5.91 Å². The number of nitrogens with zero attached hydrogens (tertiary/aromatic N) is 1. The summed E-state index contributed by atoms with van der Waals surface area (Å²) in [7, 11) is 3.61. The number of benzene rings is 1. The quantitative estimate of drug-likeness (QED) is 0.381. The fraction of sp³-hybridized carbons (Fsp3) is 0.522. The summed E-state index contributed by atoms with van der Waals surface area (Å²) < 4.78 is 5.71. The Morgan fingerprint density at radius 1 is 1.00 bits per heavy atom. The van der Waals surface area contributed by atoms with Gasteiger partial charge in [0, 0.05) is 27.1 Å². The summed E-state index contributed by atoms with van der Waals surface area (Å²) in [5, 5.41) is 0. The molecule has 0 radical (unpaired) electrons. The number of aryl methyl sites for hydroxylation is 1. The lowest BCUT2D eigenvalue weighted by Gasteiger charge is -2.09. The summed E-state index contributed by atoms with van der Waals surface area (Å²) in [6.07, 6.45) is 10.1. The molecule has 0 aromatic heterocycles. The van der Waals surface area contributed by atoms with Crippen LogP contribution in [0.5, 0.6) is 0 Å². The molecule has 3 heteroatoms. The molecular formula is C23H35NO2. The van der Waals surface area contributed by atoms with E-state index in [0.717, 1.165) is 38.7 Å². The van der Waals surface area contributed by atoms with Crippen molar-refractivity contribution in [3.05, 3.63) is 59.2 Å². The Bertz CT molecular complexity index is 573. The molecule has 144 valence electrons. The summed E-state index contributed by atoms with van der Waals surface area (Å²) in [5.41, 5.74) is 4.03. The van der Waals surface area contributed by atoms with Gasteiger partial charge < -0.3 is 9.64 Å². The maximum atomic E-state index is 11.6. The summed E-state index contributed by atoms with van der Waals surface area (Å²) >= 11 is 0. The number of hydrogen-bond donors (Lipinski definition) is 0. The number of carbonyl (C=O) groups is 1. The van der Waals surface area contributed by atoms with Crippen LogP contribution in [0.25, 0.3) is 0 Å². The van der Waals surface area contributed by atoms with Crippen LogP contribution in [0.2, 0.25) is 0 Å². The minimum absolute atomic E-state index is 0.193. The van der Waals surface area contributed by atoms with Gasteiger partial charge in [-0.05, 0) is 51.5 Å². The first-order chi connectivity index (χ1) is 12.5. The highest BCUT2D eigenvalue weighted by molar-refractivity contribution is 5.75. The van der Waals surface area contributed by atoms with Gasteiger partial charge in [0.1, 0.15) is 0 Å². The second-order valence-corrected chi connectivity index (χ2v) is 7.09. The first-order valence-electron chi connectivity index (χ1n) is 9.62. The minimum atomic E-state index is 0.193. The van der Waals surface area contributed by atoms with E-state index in [9.17, 15) is 4.79 Å². The van der Waals surface area contributed by atoms with Crippen molar-refractivity contribution in [2.45, 2.75) is 52.4 Å². The molecule has 0 aliphatic carbocycles. The fourth-order valence-corrected chi connectivity index (χ4v) is 2.59.